The Kier molecular flexibility index (Phi) is 6.72. The molecule has 1 amide bonds. The Morgan fingerprint density at radius 2 is 2.05 bits per heavy atom. The minimum absolute atomic E-state index is 0. The first-order chi connectivity index (χ1) is 8.12. The van der Waals surface area contributed by atoms with Crippen LogP contribution in [0.5, 0.6) is 0 Å². The number of hydrogen-bond acceptors (Lipinski definition) is 6. The van der Waals surface area contributed by atoms with Gasteiger partial charge in [-0.25, -0.2) is 19.0 Å². The van der Waals surface area contributed by atoms with Gasteiger partial charge >= 0.3 is 0 Å². The molecule has 0 saturated carbocycles. The van der Waals surface area contributed by atoms with Crippen LogP contribution in [0, 0.1) is 5.92 Å². The number of nitrogens with zero attached hydrogens (tertiary/aromatic N) is 2. The van der Waals surface area contributed by atoms with Crippen molar-refractivity contribution in [1.29, 1.82) is 0 Å². The third kappa shape index (κ3) is 4.89. The summed E-state index contributed by atoms with van der Waals surface area (Å²) in [6.07, 6.45) is 0. The number of halogens is 1. The second-order valence-corrected chi connectivity index (χ2v) is 7.25. The maximum Gasteiger partial charge on any atom is 0.265 e. The molecule has 0 aromatic rings. The lowest BCUT2D eigenvalue weighted by atomic mass is 10.1. The summed E-state index contributed by atoms with van der Waals surface area (Å²) in [6, 6.07) is -0.708. The normalized spacial score (nSPS) is 23.6. The van der Waals surface area contributed by atoms with E-state index in [-0.39, 0.29) is 23.5 Å². The summed E-state index contributed by atoms with van der Waals surface area (Å²) >= 11 is 0.859. The van der Waals surface area contributed by atoms with Crippen LogP contribution in [0.1, 0.15) is 13.8 Å². The van der Waals surface area contributed by atoms with Crippen molar-refractivity contribution < 1.29 is 13.2 Å². The zero-order chi connectivity index (χ0) is 14.1. The standard InChI is InChI=1S/C8H17N5O3S2.ClH/c1-4(2)5(9)6(14)11-7-13(3)12-8(17-7)18(10,15)16;/h4-5,8,12H,9H2,1-3H3,(H2,10,15,16);1H/t5-,8?;/m1./s1. The number of aliphatic imine (C=N–C) groups is 1. The molecule has 0 aromatic carbocycles. The maximum absolute atomic E-state index is 11.7. The van der Waals surface area contributed by atoms with Gasteiger partial charge in [-0.15, -0.1) is 12.4 Å². The van der Waals surface area contributed by atoms with Gasteiger partial charge in [-0.2, -0.15) is 4.99 Å². The number of sulfonamides is 1. The highest BCUT2D eigenvalue weighted by Gasteiger charge is 2.34. The minimum atomic E-state index is -3.75. The summed E-state index contributed by atoms with van der Waals surface area (Å²) in [5, 5.41) is 6.57. The van der Waals surface area contributed by atoms with Crippen LogP contribution in [0.4, 0.5) is 0 Å². The molecule has 0 aromatic heterocycles. The van der Waals surface area contributed by atoms with Crippen molar-refractivity contribution in [1.82, 2.24) is 10.4 Å². The van der Waals surface area contributed by atoms with Crippen LogP contribution in [0.2, 0.25) is 0 Å². The first-order valence-electron chi connectivity index (χ1n) is 5.19. The van der Waals surface area contributed by atoms with Crippen LogP contribution in [0.15, 0.2) is 4.99 Å². The Hall–Kier alpha value is -0.390. The summed E-state index contributed by atoms with van der Waals surface area (Å²) in [5.41, 5.74) is 8.23. The van der Waals surface area contributed by atoms with Gasteiger partial charge in [0, 0.05) is 7.05 Å². The predicted molar refractivity (Wildman–Crippen MR) is 77.9 cm³/mol. The molecule has 0 spiro atoms. The van der Waals surface area contributed by atoms with Crippen LogP contribution < -0.4 is 16.3 Å². The van der Waals surface area contributed by atoms with E-state index in [9.17, 15) is 13.2 Å². The number of nitrogens with two attached hydrogens (primary N) is 2. The summed E-state index contributed by atoms with van der Waals surface area (Å²) in [5.74, 6) is -0.531. The van der Waals surface area contributed by atoms with Crippen molar-refractivity contribution in [2.45, 2.75) is 24.6 Å². The predicted octanol–water partition coefficient (Wildman–Crippen LogP) is -0.971. The first-order valence-corrected chi connectivity index (χ1v) is 7.68. The Morgan fingerprint density at radius 3 is 2.42 bits per heavy atom. The van der Waals surface area contributed by atoms with E-state index < -0.39 is 26.7 Å². The van der Waals surface area contributed by atoms with E-state index in [1.54, 1.807) is 20.9 Å². The second-order valence-electron chi connectivity index (χ2n) is 4.23. The second kappa shape index (κ2) is 6.86. The van der Waals surface area contributed by atoms with E-state index in [0.717, 1.165) is 11.8 Å². The van der Waals surface area contributed by atoms with E-state index in [2.05, 4.69) is 10.4 Å². The van der Waals surface area contributed by atoms with Gasteiger partial charge in [0.1, 0.15) is 0 Å². The lowest BCUT2D eigenvalue weighted by Gasteiger charge is -2.13. The molecule has 0 aliphatic carbocycles. The van der Waals surface area contributed by atoms with Crippen LogP contribution in [0.3, 0.4) is 0 Å². The minimum Gasteiger partial charge on any atom is -0.320 e. The third-order valence-corrected chi connectivity index (χ3v) is 5.00. The fraction of sp³-hybridized carbons (Fsp3) is 0.750. The van der Waals surface area contributed by atoms with E-state index in [1.807, 2.05) is 0 Å². The van der Waals surface area contributed by atoms with Gasteiger partial charge in [0.2, 0.25) is 10.0 Å². The van der Waals surface area contributed by atoms with Crippen LogP contribution in [-0.2, 0) is 14.8 Å². The summed E-state index contributed by atoms with van der Waals surface area (Å²) in [4.78, 5) is 15.5. The number of carbonyl (C=O) groups excluding carboxylic acids is 1. The number of carbonyl (C=O) groups is 1. The number of amides is 1. The summed E-state index contributed by atoms with van der Waals surface area (Å²) in [6.45, 7) is 3.61. The Labute approximate surface area is 122 Å². The van der Waals surface area contributed by atoms with E-state index in [1.165, 1.54) is 5.01 Å². The quantitative estimate of drug-likeness (QED) is 0.606. The topological polar surface area (TPSA) is 131 Å². The smallest absolute Gasteiger partial charge is 0.265 e. The molecule has 1 heterocycles. The fourth-order valence-corrected chi connectivity index (χ4v) is 2.97. The molecule has 5 N–H and O–H groups in total. The average Bonchev–Trinajstić information content (AvgIpc) is 2.58. The molecule has 11 heteroatoms. The lowest BCUT2D eigenvalue weighted by Crippen LogP contribution is -2.41. The monoisotopic (exact) mass is 331 g/mol. The molecule has 1 aliphatic heterocycles. The van der Waals surface area contributed by atoms with Crippen molar-refractivity contribution in [2.24, 2.45) is 21.8 Å². The van der Waals surface area contributed by atoms with E-state index in [0.29, 0.717) is 0 Å². The van der Waals surface area contributed by atoms with Gasteiger partial charge in [-0.05, 0) is 17.7 Å². The molecule has 1 unspecified atom stereocenters. The summed E-state index contributed by atoms with van der Waals surface area (Å²) < 4.78 is 21.3. The highest BCUT2D eigenvalue weighted by Crippen LogP contribution is 2.23. The maximum atomic E-state index is 11.7. The molecule has 1 saturated heterocycles. The molecule has 0 radical (unpaired) electrons. The van der Waals surface area contributed by atoms with Crippen molar-refractivity contribution in [3.05, 3.63) is 0 Å². The Balaban J connectivity index is 0.00000324. The first kappa shape index (κ1) is 18.6. The molecule has 2 atom stereocenters. The van der Waals surface area contributed by atoms with Gasteiger partial charge in [-0.1, -0.05) is 13.8 Å². The number of hydrazine groups is 1. The van der Waals surface area contributed by atoms with Crippen molar-refractivity contribution in [3.8, 4) is 0 Å². The molecule has 1 aliphatic rings. The molecule has 19 heavy (non-hydrogen) atoms. The molecule has 1 fully saturated rings. The number of nitrogens with one attached hydrogen (secondary N) is 1. The van der Waals surface area contributed by atoms with Crippen molar-refractivity contribution in [2.75, 3.05) is 7.05 Å². The van der Waals surface area contributed by atoms with Crippen molar-refractivity contribution >= 4 is 45.3 Å². The fourth-order valence-electron chi connectivity index (χ4n) is 1.11. The highest BCUT2D eigenvalue weighted by atomic mass is 35.5. The molecule has 112 valence electrons. The SMILES string of the molecule is CC(C)[C@@H](N)C(=O)N=C1SC(S(N)(=O)=O)NN1C.Cl. The number of thioether (sulfide) groups is 1. The van der Waals surface area contributed by atoms with Crippen molar-refractivity contribution in [3.63, 3.8) is 0 Å². The number of rotatable bonds is 3. The number of primary sulfonamides is 1. The highest BCUT2D eigenvalue weighted by molar-refractivity contribution is 8.22. The zero-order valence-electron chi connectivity index (χ0n) is 10.7. The number of hydrogen-bond donors (Lipinski definition) is 3. The molecule has 8 nitrogen and oxygen atoms in total. The average molecular weight is 332 g/mol. The van der Waals surface area contributed by atoms with Crippen LogP contribution in [-0.4, -0.2) is 42.3 Å². The summed E-state index contributed by atoms with van der Waals surface area (Å²) in [7, 11) is -2.21. The largest absolute Gasteiger partial charge is 0.320 e. The molecule has 1 rings (SSSR count). The van der Waals surface area contributed by atoms with Gasteiger partial charge in [0.05, 0.1) is 6.04 Å². The van der Waals surface area contributed by atoms with Crippen LogP contribution >= 0.6 is 24.2 Å². The van der Waals surface area contributed by atoms with Crippen LogP contribution in [0.25, 0.3) is 0 Å². The lowest BCUT2D eigenvalue weighted by molar-refractivity contribution is -0.119. The molecular formula is C8H18ClN5O3S2. The van der Waals surface area contributed by atoms with Gasteiger partial charge in [0.15, 0.2) is 9.87 Å². The van der Waals surface area contributed by atoms with E-state index in [4.69, 9.17) is 10.9 Å². The Bertz CT molecular complexity index is 467. The molecular weight excluding hydrogens is 314 g/mol. The van der Waals surface area contributed by atoms with Gasteiger partial charge in [-0.3, -0.25) is 9.80 Å². The van der Waals surface area contributed by atoms with Gasteiger partial charge < -0.3 is 5.73 Å². The number of amidine groups is 1. The Morgan fingerprint density at radius 1 is 1.53 bits per heavy atom. The molecule has 0 bridgehead atoms. The zero-order valence-corrected chi connectivity index (χ0v) is 13.2. The van der Waals surface area contributed by atoms with E-state index >= 15 is 0 Å². The third-order valence-electron chi connectivity index (χ3n) is 2.31. The van der Waals surface area contributed by atoms with Gasteiger partial charge in [0.25, 0.3) is 5.91 Å².